The Labute approximate surface area is 115 Å². The van der Waals surface area contributed by atoms with Gasteiger partial charge in [0.15, 0.2) is 5.82 Å². The summed E-state index contributed by atoms with van der Waals surface area (Å²) in [6, 6.07) is 0. The van der Waals surface area contributed by atoms with E-state index in [4.69, 9.17) is 0 Å². The van der Waals surface area contributed by atoms with Gasteiger partial charge < -0.3 is 5.32 Å². The molecule has 1 aliphatic carbocycles. The van der Waals surface area contributed by atoms with Gasteiger partial charge in [0.05, 0.1) is 0 Å². The van der Waals surface area contributed by atoms with Crippen LogP contribution in [0.25, 0.3) is 4.96 Å². The topological polar surface area (TPSA) is 72.2 Å². The number of amides is 1. The number of hydrogen-bond donors (Lipinski definition) is 1. The fraction of sp³-hybridized carbons (Fsp3) is 0.667. The van der Waals surface area contributed by atoms with E-state index in [-0.39, 0.29) is 11.8 Å². The van der Waals surface area contributed by atoms with Gasteiger partial charge >= 0.3 is 0 Å². The number of aryl methyl sites for hydroxylation is 1. The van der Waals surface area contributed by atoms with Crippen molar-refractivity contribution in [3.05, 3.63) is 5.82 Å². The number of carbonyl (C=O) groups excluding carboxylic acids is 1. The maximum Gasteiger partial charge on any atom is 0.236 e. The fourth-order valence-corrected chi connectivity index (χ4v) is 3.26. The second-order valence-corrected chi connectivity index (χ2v) is 5.85. The minimum atomic E-state index is 0.0997. The van der Waals surface area contributed by atoms with Crippen LogP contribution in [0.2, 0.25) is 0 Å². The van der Waals surface area contributed by atoms with Gasteiger partial charge in [0.1, 0.15) is 0 Å². The third-order valence-electron chi connectivity index (χ3n) is 3.58. The Balaban J connectivity index is 1.73. The van der Waals surface area contributed by atoms with Crippen LogP contribution in [0.3, 0.4) is 0 Å². The average molecular weight is 279 g/mol. The second kappa shape index (κ2) is 5.24. The van der Waals surface area contributed by atoms with E-state index in [0.717, 1.165) is 42.9 Å². The molecule has 0 aromatic carbocycles. The van der Waals surface area contributed by atoms with Gasteiger partial charge in [-0.1, -0.05) is 37.5 Å². The lowest BCUT2D eigenvalue weighted by Crippen LogP contribution is -2.24. The minimum Gasteiger partial charge on any atom is -0.300 e. The fourth-order valence-electron chi connectivity index (χ4n) is 2.50. The highest BCUT2D eigenvalue weighted by molar-refractivity contribution is 7.20. The van der Waals surface area contributed by atoms with Crippen LogP contribution in [0.1, 0.15) is 44.9 Å². The number of fused-ring (bicyclic) bond motifs is 1. The molecule has 0 spiro atoms. The maximum atomic E-state index is 12.1. The van der Waals surface area contributed by atoms with E-state index in [1.54, 1.807) is 4.52 Å². The van der Waals surface area contributed by atoms with E-state index in [1.165, 1.54) is 17.8 Å². The van der Waals surface area contributed by atoms with Crippen LogP contribution in [0.15, 0.2) is 0 Å². The SMILES string of the molecule is CCc1nnc2sc(NC(=O)C3CCCCC3)nn12. The van der Waals surface area contributed by atoms with Gasteiger partial charge in [-0.2, -0.15) is 4.52 Å². The zero-order valence-electron chi connectivity index (χ0n) is 10.9. The third kappa shape index (κ3) is 2.47. The Bertz CT molecular complexity index is 584. The minimum absolute atomic E-state index is 0.0997. The quantitative estimate of drug-likeness (QED) is 0.935. The Morgan fingerprint density at radius 3 is 2.89 bits per heavy atom. The first-order valence-electron chi connectivity index (χ1n) is 6.80. The van der Waals surface area contributed by atoms with Gasteiger partial charge in [0, 0.05) is 12.3 Å². The number of hydrogen-bond acceptors (Lipinski definition) is 5. The molecule has 1 fully saturated rings. The Morgan fingerprint density at radius 1 is 1.37 bits per heavy atom. The summed E-state index contributed by atoms with van der Waals surface area (Å²) in [5.41, 5.74) is 0. The first-order valence-corrected chi connectivity index (χ1v) is 7.61. The highest BCUT2D eigenvalue weighted by atomic mass is 32.1. The van der Waals surface area contributed by atoms with E-state index in [0.29, 0.717) is 5.13 Å². The normalized spacial score (nSPS) is 16.9. The molecule has 2 aromatic rings. The molecule has 0 unspecified atom stereocenters. The summed E-state index contributed by atoms with van der Waals surface area (Å²) < 4.78 is 1.71. The van der Waals surface area contributed by atoms with Crippen LogP contribution in [0.4, 0.5) is 5.13 Å². The number of anilines is 1. The van der Waals surface area contributed by atoms with Crippen LogP contribution in [-0.4, -0.2) is 25.7 Å². The molecular formula is C12H17N5OS. The summed E-state index contributed by atoms with van der Waals surface area (Å²) in [6.07, 6.45) is 6.33. The molecule has 1 N–H and O–H groups in total. The van der Waals surface area contributed by atoms with Crippen molar-refractivity contribution in [1.82, 2.24) is 19.8 Å². The highest BCUT2D eigenvalue weighted by Crippen LogP contribution is 2.26. The average Bonchev–Trinajstić information content (AvgIpc) is 2.99. The van der Waals surface area contributed by atoms with Crippen LogP contribution in [-0.2, 0) is 11.2 Å². The van der Waals surface area contributed by atoms with Gasteiger partial charge in [-0.15, -0.1) is 15.3 Å². The number of carbonyl (C=O) groups is 1. The summed E-state index contributed by atoms with van der Waals surface area (Å²) in [4.78, 5) is 12.9. The van der Waals surface area contributed by atoms with Crippen molar-refractivity contribution in [2.45, 2.75) is 45.4 Å². The van der Waals surface area contributed by atoms with E-state index >= 15 is 0 Å². The molecule has 0 atom stereocenters. The van der Waals surface area contributed by atoms with Crippen molar-refractivity contribution in [2.24, 2.45) is 5.92 Å². The van der Waals surface area contributed by atoms with Crippen LogP contribution in [0.5, 0.6) is 0 Å². The summed E-state index contributed by atoms with van der Waals surface area (Å²) in [7, 11) is 0. The molecule has 1 aliphatic rings. The molecule has 1 amide bonds. The summed E-state index contributed by atoms with van der Waals surface area (Å²) >= 11 is 1.37. The lowest BCUT2D eigenvalue weighted by Gasteiger charge is -2.19. The first kappa shape index (κ1) is 12.5. The van der Waals surface area contributed by atoms with Crippen molar-refractivity contribution in [3.63, 3.8) is 0 Å². The number of nitrogens with zero attached hydrogens (tertiary/aromatic N) is 4. The largest absolute Gasteiger partial charge is 0.300 e. The smallest absolute Gasteiger partial charge is 0.236 e. The monoisotopic (exact) mass is 279 g/mol. The Morgan fingerprint density at radius 2 is 2.16 bits per heavy atom. The van der Waals surface area contributed by atoms with Gasteiger partial charge in [0.25, 0.3) is 0 Å². The lowest BCUT2D eigenvalue weighted by atomic mass is 9.89. The predicted molar refractivity (Wildman–Crippen MR) is 73.2 cm³/mol. The van der Waals surface area contributed by atoms with Crippen LogP contribution < -0.4 is 5.32 Å². The van der Waals surface area contributed by atoms with Crippen LogP contribution in [0, 0.1) is 5.92 Å². The van der Waals surface area contributed by atoms with Gasteiger partial charge in [0.2, 0.25) is 16.0 Å². The van der Waals surface area contributed by atoms with E-state index < -0.39 is 0 Å². The van der Waals surface area contributed by atoms with Crippen molar-refractivity contribution in [3.8, 4) is 0 Å². The summed E-state index contributed by atoms with van der Waals surface area (Å²) in [5.74, 6) is 1.07. The first-order chi connectivity index (χ1) is 9.28. The van der Waals surface area contributed by atoms with Gasteiger partial charge in [-0.25, -0.2) is 0 Å². The third-order valence-corrected chi connectivity index (χ3v) is 4.39. The predicted octanol–water partition coefficient (Wildman–Crippen LogP) is 2.27. The zero-order chi connectivity index (χ0) is 13.2. The van der Waals surface area contributed by atoms with Crippen LogP contribution >= 0.6 is 11.3 Å². The summed E-state index contributed by atoms with van der Waals surface area (Å²) in [5, 5.41) is 16.0. The summed E-state index contributed by atoms with van der Waals surface area (Å²) in [6.45, 7) is 2.01. The van der Waals surface area contributed by atoms with Crippen molar-refractivity contribution < 1.29 is 4.79 Å². The number of aromatic nitrogens is 4. The number of rotatable bonds is 3. The van der Waals surface area contributed by atoms with E-state index in [2.05, 4.69) is 20.6 Å². The molecule has 0 aliphatic heterocycles. The molecule has 102 valence electrons. The molecular weight excluding hydrogens is 262 g/mol. The standard InChI is InChI=1S/C12H17N5OS/c1-2-9-14-15-12-17(9)16-11(19-12)13-10(18)8-6-4-3-5-7-8/h8H,2-7H2,1H3,(H,13,16,18). The molecule has 0 saturated heterocycles. The molecule has 0 bridgehead atoms. The second-order valence-electron chi connectivity index (χ2n) is 4.90. The number of nitrogens with one attached hydrogen (secondary N) is 1. The van der Waals surface area contributed by atoms with E-state index in [9.17, 15) is 4.79 Å². The Kier molecular flexibility index (Phi) is 3.46. The Hall–Kier alpha value is -1.50. The van der Waals surface area contributed by atoms with Crippen molar-refractivity contribution in [2.75, 3.05) is 5.32 Å². The molecule has 3 rings (SSSR count). The van der Waals surface area contributed by atoms with Crippen molar-refractivity contribution >= 4 is 27.3 Å². The molecule has 19 heavy (non-hydrogen) atoms. The maximum absolute atomic E-state index is 12.1. The molecule has 2 aromatic heterocycles. The highest BCUT2D eigenvalue weighted by Gasteiger charge is 2.22. The molecule has 0 radical (unpaired) electrons. The molecule has 2 heterocycles. The van der Waals surface area contributed by atoms with Crippen molar-refractivity contribution in [1.29, 1.82) is 0 Å². The molecule has 7 heteroatoms. The molecule has 6 nitrogen and oxygen atoms in total. The van der Waals surface area contributed by atoms with Gasteiger partial charge in [-0.3, -0.25) is 4.79 Å². The molecule has 1 saturated carbocycles. The van der Waals surface area contributed by atoms with E-state index in [1.807, 2.05) is 6.92 Å². The zero-order valence-corrected chi connectivity index (χ0v) is 11.7. The van der Waals surface area contributed by atoms with Gasteiger partial charge in [-0.05, 0) is 12.8 Å². The lowest BCUT2D eigenvalue weighted by molar-refractivity contribution is -0.120.